The summed E-state index contributed by atoms with van der Waals surface area (Å²) in [6, 6.07) is 14.5. The number of tetrazole rings is 1. The molecule has 1 aromatic heterocycles. The van der Waals surface area contributed by atoms with Gasteiger partial charge >= 0.3 is 0 Å². The van der Waals surface area contributed by atoms with Gasteiger partial charge in [0.15, 0.2) is 5.82 Å². The number of hydrogen-bond acceptors (Lipinski definition) is 6. The number of anilines is 1. The summed E-state index contributed by atoms with van der Waals surface area (Å²) in [5.41, 5.74) is 2.04. The number of nitrogens with zero attached hydrogens (tertiary/aromatic N) is 4. The van der Waals surface area contributed by atoms with Crippen LogP contribution in [-0.4, -0.2) is 45.4 Å². The molecule has 0 bridgehead atoms. The van der Waals surface area contributed by atoms with Gasteiger partial charge in [-0.15, -0.1) is 5.10 Å². The molecule has 8 heteroatoms. The molecule has 1 aliphatic rings. The second-order valence-corrected chi connectivity index (χ2v) is 6.63. The Morgan fingerprint density at radius 2 is 2.14 bits per heavy atom. The number of rotatable bonds is 6. The predicted molar refractivity (Wildman–Crippen MR) is 103 cm³/mol. The van der Waals surface area contributed by atoms with Crippen LogP contribution in [0.2, 0.25) is 0 Å². The lowest BCUT2D eigenvalue weighted by molar-refractivity contribution is 0.0679. The van der Waals surface area contributed by atoms with Gasteiger partial charge in [0.1, 0.15) is 12.4 Å². The van der Waals surface area contributed by atoms with Crippen molar-refractivity contribution in [1.82, 2.24) is 20.2 Å². The zero-order chi connectivity index (χ0) is 19.3. The van der Waals surface area contributed by atoms with Gasteiger partial charge in [-0.25, -0.2) is 4.68 Å². The summed E-state index contributed by atoms with van der Waals surface area (Å²) in [4.78, 5) is 12.5. The number of carbonyl (C=O) groups is 1. The van der Waals surface area contributed by atoms with Crippen LogP contribution < -0.4 is 10.1 Å². The van der Waals surface area contributed by atoms with Gasteiger partial charge < -0.3 is 14.8 Å². The number of aryl methyl sites for hydroxylation is 1. The Bertz CT molecular complexity index is 948. The van der Waals surface area contributed by atoms with Crippen LogP contribution in [-0.2, 0) is 11.8 Å². The summed E-state index contributed by atoms with van der Waals surface area (Å²) in [7, 11) is 1.77. The Morgan fingerprint density at radius 3 is 2.86 bits per heavy atom. The fraction of sp³-hybridized carbons (Fsp3) is 0.300. The summed E-state index contributed by atoms with van der Waals surface area (Å²) in [5.74, 6) is 1.16. The molecule has 1 aliphatic heterocycles. The maximum absolute atomic E-state index is 12.5. The predicted octanol–water partition coefficient (Wildman–Crippen LogP) is 2.69. The molecule has 1 fully saturated rings. The number of ether oxygens (including phenoxy) is 2. The Morgan fingerprint density at radius 1 is 1.29 bits per heavy atom. The number of hydrogen-bond donors (Lipinski definition) is 1. The summed E-state index contributed by atoms with van der Waals surface area (Å²) in [6.45, 7) is 1.34. The lowest BCUT2D eigenvalue weighted by Gasteiger charge is -2.12. The van der Waals surface area contributed by atoms with Crippen molar-refractivity contribution in [3.63, 3.8) is 0 Å². The molecule has 8 nitrogen and oxygen atoms in total. The van der Waals surface area contributed by atoms with Crippen molar-refractivity contribution in [3.05, 3.63) is 54.1 Å². The highest BCUT2D eigenvalue weighted by molar-refractivity contribution is 6.04. The molecular weight excluding hydrogens is 358 g/mol. The van der Waals surface area contributed by atoms with E-state index in [1.54, 1.807) is 36.0 Å². The highest BCUT2D eigenvalue weighted by Crippen LogP contribution is 2.21. The first kappa shape index (κ1) is 18.1. The number of nitrogens with one attached hydrogen (secondary N) is 1. The molecule has 4 rings (SSSR count). The van der Waals surface area contributed by atoms with E-state index >= 15 is 0 Å². The molecule has 0 aliphatic carbocycles. The third kappa shape index (κ3) is 4.17. The number of aromatic nitrogens is 4. The second kappa shape index (κ2) is 8.18. The molecule has 28 heavy (non-hydrogen) atoms. The van der Waals surface area contributed by atoms with Crippen molar-refractivity contribution in [2.24, 2.45) is 7.05 Å². The van der Waals surface area contributed by atoms with Gasteiger partial charge in [-0.1, -0.05) is 12.1 Å². The van der Waals surface area contributed by atoms with Crippen LogP contribution in [0.15, 0.2) is 48.5 Å². The van der Waals surface area contributed by atoms with Crippen molar-refractivity contribution in [3.8, 4) is 17.1 Å². The Hall–Kier alpha value is -3.26. The molecule has 144 valence electrons. The summed E-state index contributed by atoms with van der Waals surface area (Å²) >= 11 is 0. The molecule has 0 spiro atoms. The van der Waals surface area contributed by atoms with Crippen LogP contribution >= 0.6 is 0 Å². The van der Waals surface area contributed by atoms with E-state index in [0.717, 1.165) is 30.8 Å². The summed E-state index contributed by atoms with van der Waals surface area (Å²) in [6.07, 6.45) is 2.28. The number of carbonyl (C=O) groups excluding carboxylic acids is 1. The minimum absolute atomic E-state index is 0.166. The van der Waals surface area contributed by atoms with Crippen LogP contribution in [0.1, 0.15) is 23.2 Å². The van der Waals surface area contributed by atoms with Crippen molar-refractivity contribution in [2.75, 3.05) is 18.5 Å². The molecule has 1 saturated heterocycles. The standard InChI is InChI=1S/C20H21N5O3/c1-25-19(22-23-24-25)15-4-2-5-16(12-15)21-20(26)14-7-9-17(10-8-14)28-13-18-6-3-11-27-18/h2,4-5,7-10,12,18H,3,6,11,13H2,1H3,(H,21,26). The normalized spacial score (nSPS) is 16.1. The maximum Gasteiger partial charge on any atom is 0.255 e. The molecule has 2 aromatic carbocycles. The average Bonchev–Trinajstić information content (AvgIpc) is 3.38. The van der Waals surface area contributed by atoms with E-state index in [2.05, 4.69) is 20.8 Å². The molecule has 1 atom stereocenters. The summed E-state index contributed by atoms with van der Waals surface area (Å²) in [5, 5.41) is 14.4. The fourth-order valence-electron chi connectivity index (χ4n) is 3.08. The van der Waals surface area contributed by atoms with Crippen molar-refractivity contribution < 1.29 is 14.3 Å². The second-order valence-electron chi connectivity index (χ2n) is 6.63. The van der Waals surface area contributed by atoms with E-state index in [1.165, 1.54) is 0 Å². The van der Waals surface area contributed by atoms with E-state index in [1.807, 2.05) is 24.3 Å². The van der Waals surface area contributed by atoms with Gasteiger partial charge in [-0.05, 0) is 59.7 Å². The third-order valence-electron chi connectivity index (χ3n) is 4.58. The fourth-order valence-corrected chi connectivity index (χ4v) is 3.08. The van der Waals surface area contributed by atoms with Crippen LogP contribution in [0.3, 0.4) is 0 Å². The maximum atomic E-state index is 12.5. The Labute approximate surface area is 162 Å². The largest absolute Gasteiger partial charge is 0.491 e. The topological polar surface area (TPSA) is 91.2 Å². The minimum atomic E-state index is -0.195. The zero-order valence-corrected chi connectivity index (χ0v) is 15.5. The smallest absolute Gasteiger partial charge is 0.255 e. The van der Waals surface area contributed by atoms with E-state index in [9.17, 15) is 4.79 Å². The first-order valence-corrected chi connectivity index (χ1v) is 9.17. The number of amides is 1. The molecule has 1 amide bonds. The lowest BCUT2D eigenvalue weighted by Crippen LogP contribution is -2.16. The molecule has 0 saturated carbocycles. The highest BCUT2D eigenvalue weighted by atomic mass is 16.5. The van der Waals surface area contributed by atoms with Crippen LogP contribution in [0.5, 0.6) is 5.75 Å². The van der Waals surface area contributed by atoms with Crippen molar-refractivity contribution >= 4 is 11.6 Å². The van der Waals surface area contributed by atoms with E-state index < -0.39 is 0 Å². The molecule has 2 heterocycles. The highest BCUT2D eigenvalue weighted by Gasteiger charge is 2.16. The minimum Gasteiger partial charge on any atom is -0.491 e. The van der Waals surface area contributed by atoms with Gasteiger partial charge in [0.2, 0.25) is 0 Å². The van der Waals surface area contributed by atoms with Gasteiger partial charge in [0.25, 0.3) is 5.91 Å². The van der Waals surface area contributed by atoms with Gasteiger partial charge in [-0.3, -0.25) is 4.79 Å². The Balaban J connectivity index is 1.39. The van der Waals surface area contributed by atoms with Gasteiger partial charge in [0, 0.05) is 30.5 Å². The third-order valence-corrected chi connectivity index (χ3v) is 4.58. The monoisotopic (exact) mass is 379 g/mol. The quantitative estimate of drug-likeness (QED) is 0.708. The molecular formula is C20H21N5O3. The van der Waals surface area contributed by atoms with E-state index in [-0.39, 0.29) is 12.0 Å². The molecule has 0 radical (unpaired) electrons. The average molecular weight is 379 g/mol. The van der Waals surface area contributed by atoms with Crippen LogP contribution in [0.4, 0.5) is 5.69 Å². The zero-order valence-electron chi connectivity index (χ0n) is 15.5. The van der Waals surface area contributed by atoms with E-state index in [4.69, 9.17) is 9.47 Å². The SMILES string of the molecule is Cn1nnnc1-c1cccc(NC(=O)c2ccc(OCC3CCCO3)cc2)c1. The molecule has 3 aromatic rings. The first-order valence-electron chi connectivity index (χ1n) is 9.17. The van der Waals surface area contributed by atoms with Crippen LogP contribution in [0.25, 0.3) is 11.4 Å². The van der Waals surface area contributed by atoms with Crippen molar-refractivity contribution in [1.29, 1.82) is 0 Å². The number of benzene rings is 2. The van der Waals surface area contributed by atoms with E-state index in [0.29, 0.717) is 23.7 Å². The van der Waals surface area contributed by atoms with Gasteiger partial charge in [0.05, 0.1) is 6.10 Å². The van der Waals surface area contributed by atoms with Gasteiger partial charge in [-0.2, -0.15) is 0 Å². The lowest BCUT2D eigenvalue weighted by atomic mass is 10.1. The first-order chi connectivity index (χ1) is 13.7. The molecule has 1 unspecified atom stereocenters. The Kier molecular flexibility index (Phi) is 5.29. The van der Waals surface area contributed by atoms with Crippen molar-refractivity contribution in [2.45, 2.75) is 18.9 Å². The van der Waals surface area contributed by atoms with Crippen LogP contribution in [0, 0.1) is 0 Å². The molecule has 1 N–H and O–H groups in total. The summed E-state index contributed by atoms with van der Waals surface area (Å²) < 4.78 is 12.9.